The van der Waals surface area contributed by atoms with E-state index in [2.05, 4.69) is 13.0 Å². The average molecular weight is 252 g/mol. The summed E-state index contributed by atoms with van der Waals surface area (Å²) in [4.78, 5) is 0. The molecule has 1 aliphatic rings. The van der Waals surface area contributed by atoms with Gasteiger partial charge in [-0.15, -0.1) is 0 Å². The van der Waals surface area contributed by atoms with Gasteiger partial charge in [-0.25, -0.2) is 0 Å². The molecule has 0 radical (unpaired) electrons. The van der Waals surface area contributed by atoms with Crippen LogP contribution in [0.1, 0.15) is 19.8 Å². The molecule has 8 heavy (non-hydrogen) atoms. The van der Waals surface area contributed by atoms with Crippen molar-refractivity contribution < 1.29 is 34.0 Å². The van der Waals surface area contributed by atoms with Crippen LogP contribution in [0.5, 0.6) is 0 Å². The van der Waals surface area contributed by atoms with E-state index < -0.39 is 0 Å². The molecule has 0 amide bonds. The number of halogens is 2. The Morgan fingerprint density at radius 1 is 1.38 bits per heavy atom. The van der Waals surface area contributed by atoms with E-state index in [-0.39, 0.29) is 57.0 Å². The predicted molar refractivity (Wildman–Crippen MR) is 28.7 cm³/mol. The summed E-state index contributed by atoms with van der Waals surface area (Å²) in [7, 11) is 0. The van der Waals surface area contributed by atoms with E-state index in [1.54, 1.807) is 5.57 Å². The summed E-state index contributed by atoms with van der Waals surface area (Å²) in [5.74, 6) is 0. The zero-order valence-electron chi connectivity index (χ0n) is 4.95. The second kappa shape index (κ2) is 8.47. The average Bonchev–Trinajstić information content (AvgIpc) is 1.30. The molecule has 0 spiro atoms. The van der Waals surface area contributed by atoms with Crippen LogP contribution < -0.4 is 34.0 Å². The van der Waals surface area contributed by atoms with E-state index in [1.165, 1.54) is 12.8 Å². The van der Waals surface area contributed by atoms with Crippen molar-refractivity contribution in [3.63, 3.8) is 0 Å². The summed E-state index contributed by atoms with van der Waals surface area (Å²) in [6.45, 7) is 2.17. The Morgan fingerprint density at radius 3 is 1.62 bits per heavy atom. The first-order chi connectivity index (χ1) is 2.39. The SMILES string of the molecule is CC1=CCC1.[Br-].[Br-].[Mg+2]. The smallest absolute Gasteiger partial charge is 1.00 e. The van der Waals surface area contributed by atoms with Crippen molar-refractivity contribution >= 4 is 23.1 Å². The first kappa shape index (κ1) is 16.2. The van der Waals surface area contributed by atoms with Crippen molar-refractivity contribution in [3.8, 4) is 0 Å². The Labute approximate surface area is 87.8 Å². The fourth-order valence-electron chi connectivity index (χ4n) is 0.433. The number of rotatable bonds is 0. The molecule has 44 valence electrons. The minimum atomic E-state index is 0. The van der Waals surface area contributed by atoms with E-state index in [9.17, 15) is 0 Å². The molecule has 0 unspecified atom stereocenters. The van der Waals surface area contributed by atoms with Gasteiger partial charge in [0.1, 0.15) is 0 Å². The molecule has 0 aromatic heterocycles. The zero-order valence-corrected chi connectivity index (χ0v) is 9.54. The third-order valence-electron chi connectivity index (χ3n) is 1.03. The monoisotopic (exact) mass is 250 g/mol. The van der Waals surface area contributed by atoms with Gasteiger partial charge in [0.2, 0.25) is 0 Å². The number of allylic oxidation sites excluding steroid dienone is 2. The van der Waals surface area contributed by atoms with Crippen molar-refractivity contribution in [2.24, 2.45) is 0 Å². The van der Waals surface area contributed by atoms with Crippen molar-refractivity contribution in [1.29, 1.82) is 0 Å². The Bertz CT molecular complexity index is 70.8. The number of hydrogen-bond donors (Lipinski definition) is 0. The fourth-order valence-corrected chi connectivity index (χ4v) is 0.433. The van der Waals surface area contributed by atoms with Crippen LogP contribution in [0.15, 0.2) is 11.6 Å². The minimum Gasteiger partial charge on any atom is -1.00 e. The minimum absolute atomic E-state index is 0. The van der Waals surface area contributed by atoms with Crippen molar-refractivity contribution in [3.05, 3.63) is 11.6 Å². The van der Waals surface area contributed by atoms with E-state index >= 15 is 0 Å². The van der Waals surface area contributed by atoms with Crippen LogP contribution >= 0.6 is 0 Å². The Balaban J connectivity index is -0.0000000833. The van der Waals surface area contributed by atoms with Gasteiger partial charge in [-0.2, -0.15) is 0 Å². The maximum Gasteiger partial charge on any atom is 2.00 e. The molecule has 1 aliphatic carbocycles. The maximum atomic E-state index is 2.26. The Hall–Kier alpha value is 1.47. The van der Waals surface area contributed by atoms with Gasteiger partial charge < -0.3 is 34.0 Å². The number of hydrogen-bond acceptors (Lipinski definition) is 0. The van der Waals surface area contributed by atoms with Gasteiger partial charge in [-0.1, -0.05) is 11.6 Å². The third kappa shape index (κ3) is 5.60. The maximum absolute atomic E-state index is 2.26. The van der Waals surface area contributed by atoms with E-state index in [4.69, 9.17) is 0 Å². The molecule has 0 aliphatic heterocycles. The van der Waals surface area contributed by atoms with E-state index in [0.717, 1.165) is 0 Å². The molecular formula is C5H8Br2Mg. The molecule has 0 aromatic carbocycles. The molecule has 0 heterocycles. The molecule has 0 atom stereocenters. The van der Waals surface area contributed by atoms with Gasteiger partial charge in [-0.05, 0) is 19.8 Å². The summed E-state index contributed by atoms with van der Waals surface area (Å²) in [5.41, 5.74) is 1.56. The van der Waals surface area contributed by atoms with Crippen molar-refractivity contribution in [1.82, 2.24) is 0 Å². The van der Waals surface area contributed by atoms with Gasteiger partial charge in [0.25, 0.3) is 0 Å². The van der Waals surface area contributed by atoms with Gasteiger partial charge in [0.05, 0.1) is 0 Å². The molecule has 0 bridgehead atoms. The normalized spacial score (nSPS) is 12.9. The van der Waals surface area contributed by atoms with Gasteiger partial charge in [-0.3, -0.25) is 0 Å². The van der Waals surface area contributed by atoms with Crippen LogP contribution in [-0.4, -0.2) is 23.1 Å². The molecule has 0 saturated carbocycles. The first-order valence-electron chi connectivity index (χ1n) is 2.05. The molecule has 0 saturated heterocycles. The van der Waals surface area contributed by atoms with Crippen LogP contribution in [0.3, 0.4) is 0 Å². The molecule has 1 rings (SSSR count). The van der Waals surface area contributed by atoms with Crippen LogP contribution in [0, 0.1) is 0 Å². The second-order valence-corrected chi connectivity index (χ2v) is 1.59. The van der Waals surface area contributed by atoms with E-state index in [1.807, 2.05) is 0 Å². The summed E-state index contributed by atoms with van der Waals surface area (Å²) >= 11 is 0. The van der Waals surface area contributed by atoms with Crippen LogP contribution in [-0.2, 0) is 0 Å². The summed E-state index contributed by atoms with van der Waals surface area (Å²) in [6, 6.07) is 0. The van der Waals surface area contributed by atoms with Gasteiger partial charge >= 0.3 is 23.1 Å². The van der Waals surface area contributed by atoms with Gasteiger partial charge in [0.15, 0.2) is 0 Å². The van der Waals surface area contributed by atoms with Crippen LogP contribution in [0.25, 0.3) is 0 Å². The summed E-state index contributed by atoms with van der Waals surface area (Å²) < 4.78 is 0. The molecule has 3 heteroatoms. The predicted octanol–water partition coefficient (Wildman–Crippen LogP) is -4.65. The van der Waals surface area contributed by atoms with Gasteiger partial charge in [0, 0.05) is 0 Å². The summed E-state index contributed by atoms with van der Waals surface area (Å²) in [5, 5.41) is 0. The molecule has 0 aromatic rings. The quantitative estimate of drug-likeness (QED) is 0.300. The van der Waals surface area contributed by atoms with Crippen LogP contribution in [0.2, 0.25) is 0 Å². The summed E-state index contributed by atoms with van der Waals surface area (Å²) in [6.07, 6.45) is 4.94. The van der Waals surface area contributed by atoms with E-state index in [0.29, 0.717) is 0 Å². The molecule has 0 nitrogen and oxygen atoms in total. The van der Waals surface area contributed by atoms with Crippen LogP contribution in [0.4, 0.5) is 0 Å². The molecule has 0 fully saturated rings. The fraction of sp³-hybridized carbons (Fsp3) is 0.600. The molecular weight excluding hydrogens is 244 g/mol. The second-order valence-electron chi connectivity index (χ2n) is 1.59. The largest absolute Gasteiger partial charge is 2.00 e. The Morgan fingerprint density at radius 2 is 1.62 bits per heavy atom. The van der Waals surface area contributed by atoms with Crippen molar-refractivity contribution in [2.45, 2.75) is 19.8 Å². The first-order valence-corrected chi connectivity index (χ1v) is 2.05. The standard InChI is InChI=1S/C5H8.2BrH.Mg/c1-5-3-2-4-5;;;/h3H,2,4H2,1H3;2*1H;/q;;;+2/p-2. The topological polar surface area (TPSA) is 0 Å². The Kier molecular flexibility index (Phi) is 17.2. The zero-order chi connectivity index (χ0) is 3.70. The third-order valence-corrected chi connectivity index (χ3v) is 1.03. The van der Waals surface area contributed by atoms with Crippen molar-refractivity contribution in [2.75, 3.05) is 0 Å². The molecule has 0 N–H and O–H groups in total.